The van der Waals surface area contributed by atoms with E-state index < -0.39 is 5.91 Å². The minimum Gasteiger partial charge on any atom is -0.322 e. The van der Waals surface area contributed by atoms with Gasteiger partial charge in [-0.1, -0.05) is 46.3 Å². The summed E-state index contributed by atoms with van der Waals surface area (Å²) in [4.78, 5) is 23.9. The fourth-order valence-electron chi connectivity index (χ4n) is 1.77. The Morgan fingerprint density at radius 3 is 2.19 bits per heavy atom. The molecule has 3 nitrogen and oxygen atoms in total. The standard InChI is InChI=1S/C17H14BrNO2/c1-12(20)16(11-13-7-9-14(18)10-8-13)17(21)19-15-5-3-2-4-6-15/h2-11H,1H3,(H,19,21). The first kappa shape index (κ1) is 15.2. The van der Waals surface area contributed by atoms with Crippen LogP contribution in [0.15, 0.2) is 64.6 Å². The number of carbonyl (C=O) groups excluding carboxylic acids is 2. The van der Waals surface area contributed by atoms with Gasteiger partial charge in [0, 0.05) is 10.2 Å². The number of carbonyl (C=O) groups is 2. The Hall–Kier alpha value is -2.20. The Kier molecular flexibility index (Phi) is 5.06. The van der Waals surface area contributed by atoms with Gasteiger partial charge in [0.2, 0.25) is 0 Å². The minimum atomic E-state index is -0.406. The summed E-state index contributed by atoms with van der Waals surface area (Å²) < 4.78 is 0.942. The minimum absolute atomic E-state index is 0.126. The number of benzene rings is 2. The third-order valence-corrected chi connectivity index (χ3v) is 3.37. The van der Waals surface area contributed by atoms with E-state index in [9.17, 15) is 9.59 Å². The van der Waals surface area contributed by atoms with Crippen molar-refractivity contribution in [3.63, 3.8) is 0 Å². The lowest BCUT2D eigenvalue weighted by molar-refractivity contribution is -0.118. The van der Waals surface area contributed by atoms with E-state index in [1.165, 1.54) is 6.92 Å². The molecule has 106 valence electrons. The van der Waals surface area contributed by atoms with Crippen LogP contribution in [0.5, 0.6) is 0 Å². The first-order valence-corrected chi connectivity index (χ1v) is 7.20. The molecule has 0 saturated heterocycles. The molecule has 4 heteroatoms. The van der Waals surface area contributed by atoms with Gasteiger partial charge >= 0.3 is 0 Å². The van der Waals surface area contributed by atoms with Crippen LogP contribution in [0.2, 0.25) is 0 Å². The molecule has 0 fully saturated rings. The van der Waals surface area contributed by atoms with Gasteiger partial charge in [-0.05, 0) is 42.8 Å². The van der Waals surface area contributed by atoms with E-state index in [-0.39, 0.29) is 11.4 Å². The van der Waals surface area contributed by atoms with Crippen molar-refractivity contribution in [2.75, 3.05) is 5.32 Å². The number of amides is 1. The molecular formula is C17H14BrNO2. The first-order chi connectivity index (χ1) is 10.1. The highest BCUT2D eigenvalue weighted by atomic mass is 79.9. The number of hydrogen-bond donors (Lipinski definition) is 1. The number of hydrogen-bond acceptors (Lipinski definition) is 2. The zero-order valence-corrected chi connectivity index (χ0v) is 13.1. The summed E-state index contributed by atoms with van der Waals surface area (Å²) in [7, 11) is 0. The van der Waals surface area contributed by atoms with Crippen LogP contribution in [-0.4, -0.2) is 11.7 Å². The van der Waals surface area contributed by atoms with Crippen molar-refractivity contribution in [1.82, 2.24) is 0 Å². The highest BCUT2D eigenvalue weighted by Crippen LogP contribution is 2.15. The normalized spacial score (nSPS) is 11.0. The molecule has 0 radical (unpaired) electrons. The number of halogens is 1. The van der Waals surface area contributed by atoms with Crippen LogP contribution in [0, 0.1) is 0 Å². The molecule has 2 aromatic rings. The van der Waals surface area contributed by atoms with E-state index in [1.807, 2.05) is 42.5 Å². The van der Waals surface area contributed by atoms with Crippen LogP contribution < -0.4 is 5.32 Å². The van der Waals surface area contributed by atoms with Crippen molar-refractivity contribution in [2.24, 2.45) is 0 Å². The summed E-state index contributed by atoms with van der Waals surface area (Å²) in [6.07, 6.45) is 1.59. The van der Waals surface area contributed by atoms with Crippen LogP contribution in [0.25, 0.3) is 6.08 Å². The largest absolute Gasteiger partial charge is 0.322 e. The van der Waals surface area contributed by atoms with Gasteiger partial charge in [0.05, 0.1) is 5.57 Å². The van der Waals surface area contributed by atoms with Crippen LogP contribution in [0.1, 0.15) is 12.5 Å². The number of nitrogens with one attached hydrogen (secondary N) is 1. The lowest BCUT2D eigenvalue weighted by Crippen LogP contribution is -2.18. The van der Waals surface area contributed by atoms with E-state index in [0.717, 1.165) is 10.0 Å². The fourth-order valence-corrected chi connectivity index (χ4v) is 2.04. The topological polar surface area (TPSA) is 46.2 Å². The van der Waals surface area contributed by atoms with Gasteiger partial charge < -0.3 is 5.32 Å². The molecule has 2 aromatic carbocycles. The number of Topliss-reactive ketones (excluding diaryl/α,β-unsaturated/α-hetero) is 1. The molecule has 0 aliphatic heterocycles. The predicted molar refractivity (Wildman–Crippen MR) is 87.9 cm³/mol. The number of ketones is 1. The summed E-state index contributed by atoms with van der Waals surface area (Å²) in [5.74, 6) is -0.678. The van der Waals surface area contributed by atoms with E-state index in [0.29, 0.717) is 5.69 Å². The van der Waals surface area contributed by atoms with E-state index >= 15 is 0 Å². The van der Waals surface area contributed by atoms with Crippen molar-refractivity contribution in [3.05, 3.63) is 70.2 Å². The predicted octanol–water partition coefficient (Wildman–Crippen LogP) is 4.06. The second-order valence-corrected chi connectivity index (χ2v) is 5.40. The smallest absolute Gasteiger partial charge is 0.259 e. The molecule has 0 bridgehead atoms. The van der Waals surface area contributed by atoms with Crippen molar-refractivity contribution >= 4 is 39.4 Å². The number of para-hydroxylation sites is 1. The molecule has 2 rings (SSSR count). The monoisotopic (exact) mass is 343 g/mol. The molecule has 0 spiro atoms. The lowest BCUT2D eigenvalue weighted by atomic mass is 10.1. The van der Waals surface area contributed by atoms with Gasteiger partial charge in [0.15, 0.2) is 5.78 Å². The van der Waals surface area contributed by atoms with Gasteiger partial charge in [-0.3, -0.25) is 9.59 Å². The Labute approximate surface area is 131 Å². The molecule has 0 unspecified atom stereocenters. The maximum Gasteiger partial charge on any atom is 0.259 e. The molecular weight excluding hydrogens is 330 g/mol. The number of rotatable bonds is 4. The van der Waals surface area contributed by atoms with Crippen molar-refractivity contribution in [3.8, 4) is 0 Å². The summed E-state index contributed by atoms with van der Waals surface area (Å²) >= 11 is 3.35. The quantitative estimate of drug-likeness (QED) is 0.517. The summed E-state index contributed by atoms with van der Waals surface area (Å²) in [6, 6.07) is 16.4. The van der Waals surface area contributed by atoms with E-state index in [1.54, 1.807) is 18.2 Å². The SMILES string of the molecule is CC(=O)C(=Cc1ccc(Br)cc1)C(=O)Nc1ccccc1. The Morgan fingerprint density at radius 1 is 1.00 bits per heavy atom. The second kappa shape index (κ2) is 6.99. The molecule has 0 atom stereocenters. The van der Waals surface area contributed by atoms with Gasteiger partial charge in [-0.15, -0.1) is 0 Å². The summed E-state index contributed by atoms with van der Waals surface area (Å²) in [6.45, 7) is 1.38. The van der Waals surface area contributed by atoms with Gasteiger partial charge in [0.1, 0.15) is 0 Å². The van der Waals surface area contributed by atoms with Crippen LogP contribution >= 0.6 is 15.9 Å². The van der Waals surface area contributed by atoms with Crippen LogP contribution in [-0.2, 0) is 9.59 Å². The van der Waals surface area contributed by atoms with Crippen molar-refractivity contribution in [2.45, 2.75) is 6.92 Å². The zero-order chi connectivity index (χ0) is 15.2. The van der Waals surface area contributed by atoms with Crippen LogP contribution in [0.3, 0.4) is 0 Å². The molecule has 0 heterocycles. The summed E-state index contributed by atoms with van der Waals surface area (Å²) in [5.41, 5.74) is 1.58. The molecule has 0 aromatic heterocycles. The van der Waals surface area contributed by atoms with Crippen molar-refractivity contribution < 1.29 is 9.59 Å². The molecule has 21 heavy (non-hydrogen) atoms. The van der Waals surface area contributed by atoms with Gasteiger partial charge in [-0.2, -0.15) is 0 Å². The second-order valence-electron chi connectivity index (χ2n) is 4.49. The highest BCUT2D eigenvalue weighted by molar-refractivity contribution is 9.10. The Bertz CT molecular complexity index is 676. The van der Waals surface area contributed by atoms with Gasteiger partial charge in [-0.25, -0.2) is 0 Å². The first-order valence-electron chi connectivity index (χ1n) is 6.41. The Balaban J connectivity index is 2.24. The maximum atomic E-state index is 12.2. The van der Waals surface area contributed by atoms with Crippen LogP contribution in [0.4, 0.5) is 5.69 Å². The summed E-state index contributed by atoms with van der Waals surface area (Å²) in [5, 5.41) is 2.72. The Morgan fingerprint density at radius 2 is 1.62 bits per heavy atom. The molecule has 0 saturated carbocycles. The molecule has 0 aliphatic rings. The highest BCUT2D eigenvalue weighted by Gasteiger charge is 2.14. The van der Waals surface area contributed by atoms with Gasteiger partial charge in [0.25, 0.3) is 5.91 Å². The third-order valence-electron chi connectivity index (χ3n) is 2.84. The van der Waals surface area contributed by atoms with E-state index in [4.69, 9.17) is 0 Å². The van der Waals surface area contributed by atoms with Crippen molar-refractivity contribution in [1.29, 1.82) is 0 Å². The zero-order valence-electron chi connectivity index (χ0n) is 11.5. The molecule has 1 amide bonds. The third kappa shape index (κ3) is 4.39. The lowest BCUT2D eigenvalue weighted by Gasteiger charge is -2.06. The molecule has 0 aliphatic carbocycles. The maximum absolute atomic E-state index is 12.2. The number of anilines is 1. The average molecular weight is 344 g/mol. The average Bonchev–Trinajstić information content (AvgIpc) is 2.47. The fraction of sp³-hybridized carbons (Fsp3) is 0.0588. The van der Waals surface area contributed by atoms with E-state index in [2.05, 4.69) is 21.2 Å². The molecule has 1 N–H and O–H groups in total.